The van der Waals surface area contributed by atoms with Gasteiger partial charge in [-0.3, -0.25) is 14.4 Å². The van der Waals surface area contributed by atoms with Gasteiger partial charge in [0.1, 0.15) is 11.8 Å². The van der Waals surface area contributed by atoms with Crippen LogP contribution >= 0.6 is 11.8 Å². The van der Waals surface area contributed by atoms with Crippen molar-refractivity contribution in [3.63, 3.8) is 0 Å². The van der Waals surface area contributed by atoms with Crippen LogP contribution in [-0.2, 0) is 14.4 Å². The third kappa shape index (κ3) is 5.39. The lowest BCUT2D eigenvalue weighted by atomic mass is 9.70. The lowest BCUT2D eigenvalue weighted by Crippen LogP contribution is -2.57. The number of ether oxygens (including phenoxy) is 1. The number of thioether (sulfide) groups is 1. The van der Waals surface area contributed by atoms with Crippen LogP contribution in [0, 0.1) is 11.8 Å². The Morgan fingerprint density at radius 1 is 1.10 bits per heavy atom. The molecule has 4 fully saturated rings. The molecule has 1 aromatic carbocycles. The normalized spacial score (nSPS) is 28.4. The van der Waals surface area contributed by atoms with Crippen LogP contribution < -0.4 is 9.64 Å². The molecular formula is C33H45N3O5S. The van der Waals surface area contributed by atoms with E-state index in [1.807, 2.05) is 36.1 Å². The highest BCUT2D eigenvalue weighted by molar-refractivity contribution is 8.02. The van der Waals surface area contributed by atoms with Crippen molar-refractivity contribution in [1.29, 1.82) is 0 Å². The lowest BCUT2D eigenvalue weighted by Gasteiger charge is -2.41. The first kappa shape index (κ1) is 30.7. The maximum absolute atomic E-state index is 14.6. The van der Waals surface area contributed by atoms with Crippen molar-refractivity contribution in [2.75, 3.05) is 37.7 Å². The van der Waals surface area contributed by atoms with E-state index in [2.05, 4.69) is 13.2 Å². The van der Waals surface area contributed by atoms with Crippen LogP contribution in [0.1, 0.15) is 58.3 Å². The Morgan fingerprint density at radius 3 is 2.45 bits per heavy atom. The molecule has 3 heterocycles. The summed E-state index contributed by atoms with van der Waals surface area (Å²) in [6.07, 6.45) is 10.7. The summed E-state index contributed by atoms with van der Waals surface area (Å²) in [6.45, 7) is 11.3. The predicted molar refractivity (Wildman–Crippen MR) is 166 cm³/mol. The van der Waals surface area contributed by atoms with Gasteiger partial charge in [-0.05, 0) is 63.3 Å². The molecule has 5 rings (SSSR count). The van der Waals surface area contributed by atoms with E-state index < -0.39 is 22.6 Å². The number of aliphatic hydroxyl groups excluding tert-OH is 1. The number of nitrogens with zero attached hydrogens (tertiary/aromatic N) is 3. The van der Waals surface area contributed by atoms with Crippen molar-refractivity contribution in [1.82, 2.24) is 9.80 Å². The van der Waals surface area contributed by atoms with Gasteiger partial charge in [0.05, 0.1) is 23.2 Å². The van der Waals surface area contributed by atoms with Gasteiger partial charge >= 0.3 is 0 Å². The Labute approximate surface area is 254 Å². The van der Waals surface area contributed by atoms with Gasteiger partial charge in [-0.15, -0.1) is 24.9 Å². The average molecular weight is 596 g/mol. The molecule has 3 saturated heterocycles. The number of hydrogen-bond acceptors (Lipinski definition) is 6. The molecule has 3 aliphatic heterocycles. The van der Waals surface area contributed by atoms with Gasteiger partial charge in [-0.2, -0.15) is 0 Å². The number of likely N-dealkylation sites (tertiary alicyclic amines) is 1. The molecule has 1 saturated carbocycles. The number of carbonyl (C=O) groups excluding carboxylic acids is 3. The summed E-state index contributed by atoms with van der Waals surface area (Å²) in [4.78, 5) is 48.7. The zero-order valence-corrected chi connectivity index (χ0v) is 25.6. The van der Waals surface area contributed by atoms with Crippen LogP contribution in [0.2, 0.25) is 0 Å². The van der Waals surface area contributed by atoms with E-state index in [1.165, 1.54) is 6.42 Å². The van der Waals surface area contributed by atoms with Crippen molar-refractivity contribution >= 4 is 35.2 Å². The fourth-order valence-electron chi connectivity index (χ4n) is 7.82. The molecule has 5 atom stereocenters. The monoisotopic (exact) mass is 595 g/mol. The zero-order chi connectivity index (χ0) is 29.9. The second kappa shape index (κ2) is 13.2. The first-order chi connectivity index (χ1) is 20.4. The molecule has 4 aliphatic rings. The second-order valence-electron chi connectivity index (χ2n) is 11.9. The van der Waals surface area contributed by atoms with Gasteiger partial charge in [-0.25, -0.2) is 0 Å². The molecule has 228 valence electrons. The van der Waals surface area contributed by atoms with Crippen molar-refractivity contribution < 1.29 is 24.2 Å². The number of amides is 3. The number of aliphatic hydroxyl groups is 1. The number of carbonyl (C=O) groups is 3. The van der Waals surface area contributed by atoms with E-state index in [9.17, 15) is 19.5 Å². The Balaban J connectivity index is 1.49. The molecule has 1 spiro atoms. The maximum Gasteiger partial charge on any atom is 0.247 e. The maximum atomic E-state index is 14.6. The molecule has 0 radical (unpaired) electrons. The molecule has 2 bridgehead atoms. The van der Waals surface area contributed by atoms with Gasteiger partial charge < -0.3 is 24.5 Å². The number of rotatable bonds is 13. The first-order valence-electron chi connectivity index (χ1n) is 15.6. The Kier molecular flexibility index (Phi) is 9.67. The second-order valence-corrected chi connectivity index (χ2v) is 13.5. The summed E-state index contributed by atoms with van der Waals surface area (Å²) in [7, 11) is 0. The Morgan fingerprint density at radius 2 is 1.81 bits per heavy atom. The molecular weight excluding hydrogens is 550 g/mol. The highest BCUT2D eigenvalue weighted by atomic mass is 32.2. The minimum atomic E-state index is -0.651. The minimum Gasteiger partial charge on any atom is -0.494 e. The molecule has 9 heteroatoms. The Bertz CT molecular complexity index is 1170. The third-order valence-electron chi connectivity index (χ3n) is 9.54. The fourth-order valence-corrected chi connectivity index (χ4v) is 10.0. The molecule has 1 aromatic rings. The van der Waals surface area contributed by atoms with E-state index >= 15 is 0 Å². The van der Waals surface area contributed by atoms with E-state index in [0.717, 1.165) is 50.0 Å². The molecule has 1 aliphatic carbocycles. The van der Waals surface area contributed by atoms with Crippen molar-refractivity contribution in [2.45, 2.75) is 80.4 Å². The molecule has 1 N–H and O–H groups in total. The van der Waals surface area contributed by atoms with Crippen molar-refractivity contribution in [2.24, 2.45) is 11.8 Å². The molecule has 8 nitrogen and oxygen atoms in total. The number of fused-ring (bicyclic) bond motifs is 1. The Hall–Kier alpha value is -2.78. The quantitative estimate of drug-likeness (QED) is 0.340. The highest BCUT2D eigenvalue weighted by Crippen LogP contribution is 2.67. The largest absolute Gasteiger partial charge is 0.494 e. The van der Waals surface area contributed by atoms with Crippen LogP contribution in [0.5, 0.6) is 5.75 Å². The summed E-state index contributed by atoms with van der Waals surface area (Å²) >= 11 is 1.69. The van der Waals surface area contributed by atoms with E-state index in [1.54, 1.807) is 33.7 Å². The lowest BCUT2D eigenvalue weighted by molar-refractivity contribution is -0.144. The summed E-state index contributed by atoms with van der Waals surface area (Å²) in [5, 5.41) is 9.66. The van der Waals surface area contributed by atoms with Crippen LogP contribution in [0.3, 0.4) is 0 Å². The van der Waals surface area contributed by atoms with Gasteiger partial charge in [0.2, 0.25) is 17.7 Å². The minimum absolute atomic E-state index is 0.0219. The smallest absolute Gasteiger partial charge is 0.247 e. The average Bonchev–Trinajstić information content (AvgIpc) is 3.65. The molecule has 2 unspecified atom stereocenters. The van der Waals surface area contributed by atoms with E-state index in [4.69, 9.17) is 4.74 Å². The van der Waals surface area contributed by atoms with Gasteiger partial charge in [0.25, 0.3) is 0 Å². The predicted octanol–water partition coefficient (Wildman–Crippen LogP) is 4.43. The summed E-state index contributed by atoms with van der Waals surface area (Å²) < 4.78 is 4.94. The SMILES string of the molecule is C=CCN(C(=O)[C@@H]1[C@@H]2CCC3(S2)C(C(=O)N(CC=C)C2CCCCC2)N(CCCO)C(=O)[C@H]13)c1ccc(OCC)cc1. The fraction of sp³-hybridized carbons (Fsp3) is 0.606. The standard InChI is InChI=1S/C33H45N3O5S/c1-4-19-34(24-13-15-25(16-14-24)41-6-3)30(38)27-26-17-18-33(42-26)28(27)31(39)36(21-10-22-37)29(33)32(40)35(20-5-2)23-11-8-7-9-12-23/h4-5,13-16,23,26-29,37H,1-2,6-12,17-22H2,3H3/t26-,27+,28-,29?,33?/m0/s1. The van der Waals surface area contributed by atoms with Crippen molar-refractivity contribution in [3.05, 3.63) is 49.6 Å². The number of benzene rings is 1. The summed E-state index contributed by atoms with van der Waals surface area (Å²) in [5.74, 6) is -0.612. The summed E-state index contributed by atoms with van der Waals surface area (Å²) in [6, 6.07) is 6.94. The summed E-state index contributed by atoms with van der Waals surface area (Å²) in [5.41, 5.74) is 0.731. The molecule has 3 amide bonds. The number of hydrogen-bond donors (Lipinski definition) is 1. The van der Waals surface area contributed by atoms with Crippen molar-refractivity contribution in [3.8, 4) is 5.75 Å². The van der Waals surface area contributed by atoms with Crippen LogP contribution in [0.4, 0.5) is 5.69 Å². The van der Waals surface area contributed by atoms with Gasteiger partial charge in [0, 0.05) is 43.2 Å². The first-order valence-corrected chi connectivity index (χ1v) is 16.5. The van der Waals surface area contributed by atoms with Gasteiger partial charge in [-0.1, -0.05) is 31.4 Å². The molecule has 42 heavy (non-hydrogen) atoms. The van der Waals surface area contributed by atoms with Gasteiger partial charge in [0.15, 0.2) is 0 Å². The topological polar surface area (TPSA) is 90.4 Å². The van der Waals surface area contributed by atoms with Crippen LogP contribution in [-0.4, -0.2) is 87.6 Å². The van der Waals surface area contributed by atoms with Crippen LogP contribution in [0.15, 0.2) is 49.6 Å². The third-order valence-corrected chi connectivity index (χ3v) is 11.5. The number of anilines is 1. The molecule has 0 aromatic heterocycles. The van der Waals surface area contributed by atoms with E-state index in [-0.39, 0.29) is 35.6 Å². The van der Waals surface area contributed by atoms with E-state index in [0.29, 0.717) is 32.7 Å². The zero-order valence-electron chi connectivity index (χ0n) is 24.8. The highest BCUT2D eigenvalue weighted by Gasteiger charge is 2.74. The van der Waals surface area contributed by atoms with Crippen LogP contribution in [0.25, 0.3) is 0 Å².